The molecule has 1 aromatic heterocycles. The van der Waals surface area contributed by atoms with Crippen LogP contribution in [0.1, 0.15) is 26.3 Å². The van der Waals surface area contributed by atoms with E-state index in [2.05, 4.69) is 9.88 Å². The lowest BCUT2D eigenvalue weighted by Crippen LogP contribution is -2.56. The average molecular weight is 480 g/mol. The Kier molecular flexibility index (Phi) is 6.28. The number of carbonyl (C=O) groups excluding carboxylic acids is 1. The van der Waals surface area contributed by atoms with E-state index in [4.69, 9.17) is 25.8 Å². The van der Waals surface area contributed by atoms with Crippen molar-refractivity contribution in [2.45, 2.75) is 39.0 Å². The van der Waals surface area contributed by atoms with Gasteiger partial charge in [0.25, 0.3) is 5.56 Å². The third-order valence-electron chi connectivity index (χ3n) is 5.69. The number of rotatable bonds is 2. The second-order valence-corrected chi connectivity index (χ2v) is 9.51. The van der Waals surface area contributed by atoms with Gasteiger partial charge in [-0.05, 0) is 32.9 Å². The molecule has 33 heavy (non-hydrogen) atoms. The molecule has 8 nitrogen and oxygen atoms in total. The summed E-state index contributed by atoms with van der Waals surface area (Å²) in [6.07, 6.45) is -0.381. The van der Waals surface area contributed by atoms with Crippen molar-refractivity contribution >= 4 is 17.7 Å². The smallest absolute Gasteiger partial charge is 0.410 e. The normalized spacial score (nSPS) is 18.6. The number of pyridine rings is 1. The van der Waals surface area contributed by atoms with Crippen LogP contribution in [0.4, 0.5) is 9.18 Å². The third kappa shape index (κ3) is 4.65. The first-order chi connectivity index (χ1) is 15.6. The van der Waals surface area contributed by atoms with Crippen molar-refractivity contribution < 1.29 is 23.4 Å². The molecule has 1 amide bonds. The zero-order valence-corrected chi connectivity index (χ0v) is 19.8. The van der Waals surface area contributed by atoms with Gasteiger partial charge in [0.05, 0.1) is 30.0 Å². The summed E-state index contributed by atoms with van der Waals surface area (Å²) in [6, 6.07) is 4.22. The van der Waals surface area contributed by atoms with Crippen molar-refractivity contribution in [1.82, 2.24) is 14.8 Å². The van der Waals surface area contributed by atoms with E-state index in [1.54, 1.807) is 11.0 Å². The van der Waals surface area contributed by atoms with Gasteiger partial charge in [-0.15, -0.1) is 0 Å². The van der Waals surface area contributed by atoms with E-state index in [1.807, 2.05) is 20.8 Å². The van der Waals surface area contributed by atoms with Gasteiger partial charge in [0.1, 0.15) is 34.5 Å². The van der Waals surface area contributed by atoms with E-state index in [1.165, 1.54) is 19.2 Å². The summed E-state index contributed by atoms with van der Waals surface area (Å²) < 4.78 is 31.4. The third-order valence-corrected chi connectivity index (χ3v) is 6.05. The molecule has 0 bridgehead atoms. The summed E-state index contributed by atoms with van der Waals surface area (Å²) in [5.74, 6) is -0.114. The number of halogens is 2. The minimum atomic E-state index is -0.588. The molecule has 2 aliphatic rings. The summed E-state index contributed by atoms with van der Waals surface area (Å²) in [6.45, 7) is 7.39. The Morgan fingerprint density at radius 2 is 2.06 bits per heavy atom. The van der Waals surface area contributed by atoms with Crippen LogP contribution in [0.3, 0.4) is 0 Å². The number of benzene rings is 1. The molecule has 178 valence electrons. The minimum absolute atomic E-state index is 0.0616. The van der Waals surface area contributed by atoms with Gasteiger partial charge in [0, 0.05) is 26.2 Å². The molecule has 3 heterocycles. The molecule has 0 spiro atoms. The Morgan fingerprint density at radius 1 is 1.30 bits per heavy atom. The van der Waals surface area contributed by atoms with Crippen molar-refractivity contribution in [3.63, 3.8) is 0 Å². The van der Waals surface area contributed by atoms with Crippen LogP contribution in [0.5, 0.6) is 11.5 Å². The number of aromatic amines is 1. The number of nitrogens with one attached hydrogen (secondary N) is 1. The molecule has 4 rings (SSSR count). The first kappa shape index (κ1) is 23.4. The first-order valence-corrected chi connectivity index (χ1v) is 11.1. The standard InChI is InChI=1S/C23H27ClFN3O5/c1-23(2,3)33-22(30)28-9-8-27-11-14-20(32-12-13(27)10-28)18(24)19(26-21(14)29)17-15(25)6-5-7-16(17)31-4/h5-7,13H,8-12H2,1-4H3,(H,26,29)/t13-/m1/s1. The second-order valence-electron chi connectivity index (χ2n) is 9.13. The molecular weight excluding hydrogens is 453 g/mol. The van der Waals surface area contributed by atoms with Crippen LogP contribution in [0.2, 0.25) is 5.02 Å². The first-order valence-electron chi connectivity index (χ1n) is 10.7. The number of fused-ring (bicyclic) bond motifs is 2. The predicted octanol–water partition coefficient (Wildman–Crippen LogP) is 3.66. The van der Waals surface area contributed by atoms with Crippen LogP contribution < -0.4 is 15.0 Å². The molecule has 0 aliphatic carbocycles. The number of amides is 1. The Hall–Kier alpha value is -2.78. The lowest BCUT2D eigenvalue weighted by Gasteiger charge is -2.40. The van der Waals surface area contributed by atoms with Crippen molar-refractivity contribution in [1.29, 1.82) is 0 Å². The van der Waals surface area contributed by atoms with E-state index in [0.29, 0.717) is 31.7 Å². The van der Waals surface area contributed by atoms with E-state index >= 15 is 0 Å². The highest BCUT2D eigenvalue weighted by atomic mass is 35.5. The van der Waals surface area contributed by atoms with Gasteiger partial charge in [-0.25, -0.2) is 9.18 Å². The zero-order chi connectivity index (χ0) is 23.9. The molecule has 0 saturated carbocycles. The predicted molar refractivity (Wildman–Crippen MR) is 122 cm³/mol. The van der Waals surface area contributed by atoms with Crippen LogP contribution in [0, 0.1) is 5.82 Å². The molecule has 1 N–H and O–H groups in total. The van der Waals surface area contributed by atoms with Crippen LogP contribution in [-0.2, 0) is 11.3 Å². The molecule has 1 saturated heterocycles. The highest BCUT2D eigenvalue weighted by molar-refractivity contribution is 6.34. The molecular formula is C23H27ClFN3O5. The molecule has 2 aliphatic heterocycles. The van der Waals surface area contributed by atoms with Gasteiger partial charge in [0.15, 0.2) is 0 Å². The lowest BCUT2D eigenvalue weighted by atomic mass is 10.1. The molecule has 0 unspecified atom stereocenters. The summed E-state index contributed by atoms with van der Waals surface area (Å²) in [5, 5.41) is 0.108. The number of methoxy groups -OCH3 is 1. The summed E-state index contributed by atoms with van der Waals surface area (Å²) in [7, 11) is 1.42. The van der Waals surface area contributed by atoms with Crippen LogP contribution in [-0.4, -0.2) is 65.9 Å². The number of hydrogen-bond acceptors (Lipinski definition) is 6. The fraction of sp³-hybridized carbons (Fsp3) is 0.478. The number of H-pyrrole nitrogens is 1. The maximum Gasteiger partial charge on any atom is 0.410 e. The summed E-state index contributed by atoms with van der Waals surface area (Å²) >= 11 is 6.64. The summed E-state index contributed by atoms with van der Waals surface area (Å²) in [4.78, 5) is 32.0. The number of hydrogen-bond donors (Lipinski definition) is 1. The van der Waals surface area contributed by atoms with Gasteiger partial charge in [-0.3, -0.25) is 9.69 Å². The van der Waals surface area contributed by atoms with Crippen LogP contribution in [0.25, 0.3) is 11.3 Å². The Morgan fingerprint density at radius 3 is 2.76 bits per heavy atom. The maximum absolute atomic E-state index is 14.7. The van der Waals surface area contributed by atoms with E-state index in [9.17, 15) is 14.0 Å². The molecule has 2 aromatic rings. The van der Waals surface area contributed by atoms with Gasteiger partial charge >= 0.3 is 6.09 Å². The largest absolute Gasteiger partial charge is 0.496 e. The van der Waals surface area contributed by atoms with E-state index in [0.717, 1.165) is 0 Å². The average Bonchev–Trinajstić information content (AvgIpc) is 2.95. The molecule has 10 heteroatoms. The SMILES string of the molecule is COc1cccc(F)c1-c1[nH]c(=O)c2c(c1Cl)OC[C@H]1CN(C(=O)OC(C)(C)C)CCN1C2. The Bertz CT molecular complexity index is 1130. The van der Waals surface area contributed by atoms with Crippen molar-refractivity contribution in [2.75, 3.05) is 33.4 Å². The zero-order valence-electron chi connectivity index (χ0n) is 19.0. The Labute approximate surface area is 196 Å². The molecule has 1 atom stereocenters. The quantitative estimate of drug-likeness (QED) is 0.707. The highest BCUT2D eigenvalue weighted by Crippen LogP contribution is 2.41. The van der Waals surface area contributed by atoms with Crippen LogP contribution >= 0.6 is 11.6 Å². The summed E-state index contributed by atoms with van der Waals surface area (Å²) in [5.41, 5.74) is -0.468. The monoisotopic (exact) mass is 479 g/mol. The van der Waals surface area contributed by atoms with E-state index < -0.39 is 17.0 Å². The second kappa shape index (κ2) is 8.87. The Balaban J connectivity index is 1.64. The number of carbonyl (C=O) groups is 1. The number of piperazine rings is 1. The molecule has 1 aromatic carbocycles. The number of aromatic nitrogens is 1. The van der Waals surface area contributed by atoms with Gasteiger partial charge in [-0.1, -0.05) is 17.7 Å². The fourth-order valence-electron chi connectivity index (χ4n) is 4.11. The molecule has 1 fully saturated rings. The van der Waals surface area contributed by atoms with Gasteiger partial charge in [0.2, 0.25) is 0 Å². The topological polar surface area (TPSA) is 84.1 Å². The van der Waals surface area contributed by atoms with Gasteiger partial charge < -0.3 is 24.1 Å². The van der Waals surface area contributed by atoms with Crippen molar-refractivity contribution in [3.05, 3.63) is 45.0 Å². The van der Waals surface area contributed by atoms with Crippen molar-refractivity contribution in [3.8, 4) is 22.8 Å². The lowest BCUT2D eigenvalue weighted by molar-refractivity contribution is -0.00157. The van der Waals surface area contributed by atoms with Gasteiger partial charge in [-0.2, -0.15) is 0 Å². The molecule has 0 radical (unpaired) electrons. The van der Waals surface area contributed by atoms with E-state index in [-0.39, 0.29) is 46.5 Å². The minimum Gasteiger partial charge on any atom is -0.496 e. The highest BCUT2D eigenvalue weighted by Gasteiger charge is 2.36. The number of nitrogens with zero attached hydrogens (tertiary/aromatic N) is 2. The fourth-order valence-corrected chi connectivity index (χ4v) is 4.42. The van der Waals surface area contributed by atoms with Crippen LogP contribution in [0.15, 0.2) is 23.0 Å². The van der Waals surface area contributed by atoms with Crippen molar-refractivity contribution in [2.24, 2.45) is 0 Å². The number of ether oxygens (including phenoxy) is 3. The maximum atomic E-state index is 14.7.